The number of aromatic nitrogens is 2. The number of rotatable bonds is 6. The van der Waals surface area contributed by atoms with E-state index in [4.69, 9.17) is 4.74 Å². The molecule has 0 bridgehead atoms. The van der Waals surface area contributed by atoms with Crippen LogP contribution in [-0.2, 0) is 4.79 Å². The number of amides is 1. The SMILES string of the molecule is COc1ccc(-c2nc(C)cc(SCC(=O)Nc3ccc(F)cc3F)n2)cc1. The van der Waals surface area contributed by atoms with Gasteiger partial charge in [0.25, 0.3) is 0 Å². The number of hydrogen-bond acceptors (Lipinski definition) is 5. The molecule has 3 aromatic rings. The van der Waals surface area contributed by atoms with Crippen LogP contribution in [0.5, 0.6) is 5.75 Å². The number of thioether (sulfide) groups is 1. The van der Waals surface area contributed by atoms with Gasteiger partial charge in [0, 0.05) is 17.3 Å². The second kappa shape index (κ2) is 8.79. The second-order valence-electron chi connectivity index (χ2n) is 5.86. The number of halogens is 2. The van der Waals surface area contributed by atoms with Crippen molar-refractivity contribution >= 4 is 23.4 Å². The van der Waals surface area contributed by atoms with Crippen molar-refractivity contribution in [1.29, 1.82) is 0 Å². The fourth-order valence-corrected chi connectivity index (χ4v) is 3.16. The molecule has 1 amide bonds. The predicted octanol–water partition coefficient (Wildman–Crippen LogP) is 4.47. The molecule has 0 spiro atoms. The minimum atomic E-state index is -0.821. The first-order valence-electron chi connectivity index (χ1n) is 8.32. The Labute approximate surface area is 165 Å². The topological polar surface area (TPSA) is 64.1 Å². The molecule has 0 aliphatic heterocycles. The van der Waals surface area contributed by atoms with Gasteiger partial charge in [0.2, 0.25) is 5.91 Å². The number of aryl methyl sites for hydroxylation is 1. The summed E-state index contributed by atoms with van der Waals surface area (Å²) in [5.74, 6) is -0.649. The average Bonchev–Trinajstić information content (AvgIpc) is 2.68. The van der Waals surface area contributed by atoms with E-state index in [1.54, 1.807) is 13.2 Å². The Morgan fingerprint density at radius 1 is 1.11 bits per heavy atom. The Kier molecular flexibility index (Phi) is 6.20. The summed E-state index contributed by atoms with van der Waals surface area (Å²) < 4.78 is 31.7. The van der Waals surface area contributed by atoms with E-state index in [9.17, 15) is 13.6 Å². The van der Waals surface area contributed by atoms with Crippen LogP contribution in [0.15, 0.2) is 53.6 Å². The number of nitrogens with one attached hydrogen (secondary N) is 1. The third-order valence-electron chi connectivity index (χ3n) is 3.74. The van der Waals surface area contributed by atoms with Crippen LogP contribution < -0.4 is 10.1 Å². The molecule has 1 heterocycles. The standard InChI is InChI=1S/C20H17F2N3O2S/c1-12-9-19(25-20(23-12)13-3-6-15(27-2)7-4-13)28-11-18(26)24-17-8-5-14(21)10-16(17)22/h3-10H,11H2,1-2H3,(H,24,26). The van der Waals surface area contributed by atoms with Gasteiger partial charge in [-0.1, -0.05) is 11.8 Å². The molecule has 0 unspecified atom stereocenters. The number of methoxy groups -OCH3 is 1. The Bertz CT molecular complexity index is 997. The minimum absolute atomic E-state index is 0.0231. The molecule has 0 saturated carbocycles. The number of nitrogens with zero attached hydrogens (tertiary/aromatic N) is 2. The Morgan fingerprint density at radius 2 is 1.86 bits per heavy atom. The van der Waals surface area contributed by atoms with E-state index < -0.39 is 17.5 Å². The average molecular weight is 401 g/mol. The van der Waals surface area contributed by atoms with Gasteiger partial charge in [0.1, 0.15) is 22.4 Å². The lowest BCUT2D eigenvalue weighted by atomic mass is 10.2. The fourth-order valence-electron chi connectivity index (χ4n) is 2.40. The van der Waals surface area contributed by atoms with E-state index in [1.165, 1.54) is 17.8 Å². The molecule has 1 N–H and O–H groups in total. The van der Waals surface area contributed by atoms with E-state index >= 15 is 0 Å². The van der Waals surface area contributed by atoms with Crippen LogP contribution in [0.25, 0.3) is 11.4 Å². The smallest absolute Gasteiger partial charge is 0.234 e. The van der Waals surface area contributed by atoms with Crippen LogP contribution in [0, 0.1) is 18.6 Å². The number of ether oxygens (including phenoxy) is 1. The van der Waals surface area contributed by atoms with Crippen molar-refractivity contribution in [2.75, 3.05) is 18.2 Å². The third-order valence-corrected chi connectivity index (χ3v) is 4.65. The first kappa shape index (κ1) is 19.8. The highest BCUT2D eigenvalue weighted by Crippen LogP contribution is 2.24. The number of hydrogen-bond donors (Lipinski definition) is 1. The lowest BCUT2D eigenvalue weighted by Gasteiger charge is -2.08. The zero-order valence-corrected chi connectivity index (χ0v) is 16.0. The molecule has 0 atom stereocenters. The van der Waals surface area contributed by atoms with E-state index in [1.807, 2.05) is 31.2 Å². The summed E-state index contributed by atoms with van der Waals surface area (Å²) >= 11 is 1.20. The maximum absolute atomic E-state index is 13.6. The summed E-state index contributed by atoms with van der Waals surface area (Å²) in [5, 5.41) is 3.04. The van der Waals surface area contributed by atoms with Crippen molar-refractivity contribution in [1.82, 2.24) is 9.97 Å². The summed E-state index contributed by atoms with van der Waals surface area (Å²) in [5.41, 5.74) is 1.52. The lowest BCUT2D eigenvalue weighted by molar-refractivity contribution is -0.113. The molecule has 0 fully saturated rings. The first-order chi connectivity index (χ1) is 13.4. The van der Waals surface area contributed by atoms with Crippen LogP contribution >= 0.6 is 11.8 Å². The summed E-state index contributed by atoms with van der Waals surface area (Å²) in [6, 6.07) is 12.1. The summed E-state index contributed by atoms with van der Waals surface area (Å²) in [7, 11) is 1.59. The van der Waals surface area contributed by atoms with Gasteiger partial charge in [0.05, 0.1) is 18.6 Å². The molecule has 0 radical (unpaired) electrons. The minimum Gasteiger partial charge on any atom is -0.497 e. The monoisotopic (exact) mass is 401 g/mol. The zero-order chi connectivity index (χ0) is 20.1. The zero-order valence-electron chi connectivity index (χ0n) is 15.2. The Hall–Kier alpha value is -3.00. The maximum Gasteiger partial charge on any atom is 0.234 e. The van der Waals surface area contributed by atoms with Gasteiger partial charge in [-0.25, -0.2) is 18.7 Å². The first-order valence-corrected chi connectivity index (χ1v) is 9.31. The van der Waals surface area contributed by atoms with Crippen LogP contribution in [0.2, 0.25) is 0 Å². The Balaban J connectivity index is 1.68. The molecule has 28 heavy (non-hydrogen) atoms. The third kappa shape index (κ3) is 5.04. The quantitative estimate of drug-likeness (QED) is 0.488. The number of carbonyl (C=O) groups excluding carboxylic acids is 1. The van der Waals surface area contributed by atoms with Crippen molar-refractivity contribution in [3.63, 3.8) is 0 Å². The highest BCUT2D eigenvalue weighted by molar-refractivity contribution is 7.99. The molecular weight excluding hydrogens is 384 g/mol. The molecule has 8 heteroatoms. The van der Waals surface area contributed by atoms with Crippen molar-refractivity contribution < 1.29 is 18.3 Å². The summed E-state index contributed by atoms with van der Waals surface area (Å²) in [6.45, 7) is 1.84. The highest BCUT2D eigenvalue weighted by atomic mass is 32.2. The van der Waals surface area contributed by atoms with E-state index in [-0.39, 0.29) is 11.4 Å². The van der Waals surface area contributed by atoms with Crippen molar-refractivity contribution in [2.45, 2.75) is 11.9 Å². The summed E-state index contributed by atoms with van der Waals surface area (Å²) in [4.78, 5) is 21.0. The van der Waals surface area contributed by atoms with Gasteiger partial charge in [-0.05, 0) is 49.4 Å². The van der Waals surface area contributed by atoms with Crippen molar-refractivity contribution in [3.05, 3.63) is 65.9 Å². The van der Waals surface area contributed by atoms with Gasteiger partial charge in [-0.15, -0.1) is 0 Å². The van der Waals surface area contributed by atoms with Crippen molar-refractivity contribution in [3.8, 4) is 17.1 Å². The molecule has 2 aromatic carbocycles. The maximum atomic E-state index is 13.6. The second-order valence-corrected chi connectivity index (χ2v) is 6.86. The van der Waals surface area contributed by atoms with Gasteiger partial charge < -0.3 is 10.1 Å². The van der Waals surface area contributed by atoms with Gasteiger partial charge in [0.15, 0.2) is 5.82 Å². The molecular formula is C20H17F2N3O2S. The molecule has 5 nitrogen and oxygen atoms in total. The fraction of sp³-hybridized carbons (Fsp3) is 0.150. The van der Waals surface area contributed by atoms with Crippen LogP contribution in [0.3, 0.4) is 0 Å². The van der Waals surface area contributed by atoms with Gasteiger partial charge >= 0.3 is 0 Å². The van der Waals surface area contributed by atoms with Crippen LogP contribution in [0.1, 0.15) is 5.69 Å². The van der Waals surface area contributed by atoms with E-state index in [2.05, 4.69) is 15.3 Å². The number of anilines is 1. The van der Waals surface area contributed by atoms with Crippen molar-refractivity contribution in [2.24, 2.45) is 0 Å². The highest BCUT2D eigenvalue weighted by Gasteiger charge is 2.11. The molecule has 0 aliphatic rings. The van der Waals surface area contributed by atoms with E-state index in [0.29, 0.717) is 10.9 Å². The van der Waals surface area contributed by atoms with Gasteiger partial charge in [-0.2, -0.15) is 0 Å². The Morgan fingerprint density at radius 3 is 2.54 bits per heavy atom. The number of carbonyl (C=O) groups is 1. The largest absolute Gasteiger partial charge is 0.497 e. The van der Waals surface area contributed by atoms with Gasteiger partial charge in [-0.3, -0.25) is 4.79 Å². The molecule has 0 saturated heterocycles. The molecule has 1 aromatic heterocycles. The predicted molar refractivity (Wildman–Crippen MR) is 104 cm³/mol. The molecule has 144 valence electrons. The molecule has 0 aliphatic carbocycles. The van der Waals surface area contributed by atoms with Crippen LogP contribution in [-0.4, -0.2) is 28.7 Å². The summed E-state index contributed by atoms with van der Waals surface area (Å²) in [6.07, 6.45) is 0. The van der Waals surface area contributed by atoms with Crippen LogP contribution in [0.4, 0.5) is 14.5 Å². The molecule has 3 rings (SSSR count). The lowest BCUT2D eigenvalue weighted by Crippen LogP contribution is -2.15. The normalized spacial score (nSPS) is 10.6. The van der Waals surface area contributed by atoms with E-state index in [0.717, 1.165) is 29.1 Å². The number of benzene rings is 2.